The summed E-state index contributed by atoms with van der Waals surface area (Å²) in [5.41, 5.74) is 2.14. The highest BCUT2D eigenvalue weighted by molar-refractivity contribution is 5.92. The SMILES string of the molecule is CCc1cnccc1C(=O)Oc1ccc(-c2nnco2)cc1. The summed E-state index contributed by atoms with van der Waals surface area (Å²) in [5.74, 6) is 0.470. The van der Waals surface area contributed by atoms with Gasteiger partial charge in [-0.3, -0.25) is 4.98 Å². The minimum Gasteiger partial charge on any atom is -0.423 e. The van der Waals surface area contributed by atoms with Gasteiger partial charge in [0, 0.05) is 18.0 Å². The summed E-state index contributed by atoms with van der Waals surface area (Å²) < 4.78 is 10.5. The molecule has 0 N–H and O–H groups in total. The van der Waals surface area contributed by atoms with E-state index in [-0.39, 0.29) is 0 Å². The van der Waals surface area contributed by atoms with Crippen LogP contribution in [-0.4, -0.2) is 21.2 Å². The fourth-order valence-electron chi connectivity index (χ4n) is 2.03. The van der Waals surface area contributed by atoms with Crippen LogP contribution < -0.4 is 4.74 Å². The molecular formula is C16H13N3O3. The van der Waals surface area contributed by atoms with Gasteiger partial charge in [-0.2, -0.15) is 0 Å². The Morgan fingerprint density at radius 1 is 1.23 bits per heavy atom. The Bertz CT molecular complexity index is 768. The Labute approximate surface area is 126 Å². The first-order chi connectivity index (χ1) is 10.8. The van der Waals surface area contributed by atoms with Gasteiger partial charge in [0.1, 0.15) is 5.75 Å². The molecule has 0 saturated heterocycles. The number of rotatable bonds is 4. The summed E-state index contributed by atoms with van der Waals surface area (Å²) in [6.07, 6.45) is 5.23. The maximum atomic E-state index is 12.2. The topological polar surface area (TPSA) is 78.1 Å². The maximum absolute atomic E-state index is 12.2. The number of carbonyl (C=O) groups excluding carboxylic acids is 1. The van der Waals surface area contributed by atoms with Gasteiger partial charge < -0.3 is 9.15 Å². The molecule has 0 aliphatic carbocycles. The van der Waals surface area contributed by atoms with Crippen LogP contribution in [-0.2, 0) is 6.42 Å². The van der Waals surface area contributed by atoms with Crippen molar-refractivity contribution in [1.82, 2.24) is 15.2 Å². The Hall–Kier alpha value is -3.02. The summed E-state index contributed by atoms with van der Waals surface area (Å²) in [4.78, 5) is 16.2. The number of benzene rings is 1. The third-order valence-electron chi connectivity index (χ3n) is 3.18. The number of carbonyl (C=O) groups is 1. The van der Waals surface area contributed by atoms with E-state index in [1.165, 1.54) is 6.39 Å². The molecule has 0 fully saturated rings. The lowest BCUT2D eigenvalue weighted by Crippen LogP contribution is -2.11. The van der Waals surface area contributed by atoms with Crippen LogP contribution in [0.4, 0.5) is 0 Å². The Morgan fingerprint density at radius 3 is 2.73 bits per heavy atom. The van der Waals surface area contributed by atoms with Crippen molar-refractivity contribution in [3.63, 3.8) is 0 Å². The zero-order chi connectivity index (χ0) is 15.4. The number of hydrogen-bond acceptors (Lipinski definition) is 6. The normalized spacial score (nSPS) is 10.4. The summed E-state index contributed by atoms with van der Waals surface area (Å²) in [7, 11) is 0. The van der Waals surface area contributed by atoms with E-state index in [9.17, 15) is 4.79 Å². The van der Waals surface area contributed by atoms with Crippen LogP contribution in [0.15, 0.2) is 53.5 Å². The van der Waals surface area contributed by atoms with Gasteiger partial charge in [-0.15, -0.1) is 10.2 Å². The van der Waals surface area contributed by atoms with Crippen molar-refractivity contribution in [2.45, 2.75) is 13.3 Å². The van der Waals surface area contributed by atoms with Crippen molar-refractivity contribution in [1.29, 1.82) is 0 Å². The molecule has 0 aliphatic rings. The zero-order valence-corrected chi connectivity index (χ0v) is 11.9. The monoisotopic (exact) mass is 295 g/mol. The van der Waals surface area contributed by atoms with Gasteiger partial charge in [-0.1, -0.05) is 6.92 Å². The van der Waals surface area contributed by atoms with Crippen LogP contribution in [0, 0.1) is 0 Å². The average Bonchev–Trinajstić information content (AvgIpc) is 3.10. The smallest absolute Gasteiger partial charge is 0.343 e. The lowest BCUT2D eigenvalue weighted by atomic mass is 10.1. The molecule has 0 spiro atoms. The minimum absolute atomic E-state index is 0.398. The van der Waals surface area contributed by atoms with Crippen LogP contribution >= 0.6 is 0 Å². The third kappa shape index (κ3) is 2.85. The van der Waals surface area contributed by atoms with E-state index in [1.54, 1.807) is 42.7 Å². The number of ether oxygens (including phenoxy) is 1. The number of aryl methyl sites for hydroxylation is 1. The molecule has 2 heterocycles. The summed E-state index contributed by atoms with van der Waals surface area (Å²) in [5, 5.41) is 7.44. The molecule has 0 bridgehead atoms. The zero-order valence-electron chi connectivity index (χ0n) is 11.9. The van der Waals surface area contributed by atoms with Gasteiger partial charge in [0.2, 0.25) is 12.3 Å². The van der Waals surface area contributed by atoms with Gasteiger partial charge in [0.25, 0.3) is 0 Å². The first-order valence-corrected chi connectivity index (χ1v) is 6.79. The van der Waals surface area contributed by atoms with E-state index in [1.807, 2.05) is 6.92 Å². The second kappa shape index (κ2) is 6.17. The number of aromatic nitrogens is 3. The predicted molar refractivity (Wildman–Crippen MR) is 78.3 cm³/mol. The molecule has 0 saturated carbocycles. The van der Waals surface area contributed by atoms with E-state index < -0.39 is 5.97 Å². The standard InChI is InChI=1S/C16H13N3O3/c1-2-11-9-17-8-7-14(11)16(20)22-13-5-3-12(4-6-13)15-19-18-10-21-15/h3-10H,2H2,1H3. The Kier molecular flexibility index (Phi) is 3.91. The van der Waals surface area contributed by atoms with Gasteiger partial charge in [0.05, 0.1) is 5.56 Å². The van der Waals surface area contributed by atoms with E-state index in [0.717, 1.165) is 11.1 Å². The molecule has 2 aromatic heterocycles. The van der Waals surface area contributed by atoms with E-state index in [2.05, 4.69) is 15.2 Å². The molecule has 22 heavy (non-hydrogen) atoms. The molecule has 6 nitrogen and oxygen atoms in total. The summed E-state index contributed by atoms with van der Waals surface area (Å²) in [6, 6.07) is 8.54. The highest BCUT2D eigenvalue weighted by atomic mass is 16.5. The Morgan fingerprint density at radius 2 is 2.05 bits per heavy atom. The van der Waals surface area contributed by atoms with Gasteiger partial charge in [-0.05, 0) is 42.3 Å². The molecule has 0 aliphatic heterocycles. The third-order valence-corrected chi connectivity index (χ3v) is 3.18. The molecule has 0 atom stereocenters. The summed E-state index contributed by atoms with van der Waals surface area (Å²) >= 11 is 0. The number of nitrogens with zero attached hydrogens (tertiary/aromatic N) is 3. The molecule has 6 heteroatoms. The molecule has 1 aromatic carbocycles. The van der Waals surface area contributed by atoms with Gasteiger partial charge >= 0.3 is 5.97 Å². The first kappa shape index (κ1) is 13.9. The van der Waals surface area contributed by atoms with Crippen molar-refractivity contribution in [3.8, 4) is 17.2 Å². The van der Waals surface area contributed by atoms with E-state index in [4.69, 9.17) is 9.15 Å². The highest BCUT2D eigenvalue weighted by Crippen LogP contribution is 2.21. The quantitative estimate of drug-likeness (QED) is 0.544. The second-order valence-electron chi connectivity index (χ2n) is 4.54. The van der Waals surface area contributed by atoms with E-state index in [0.29, 0.717) is 23.6 Å². The molecule has 110 valence electrons. The molecule has 3 aromatic rings. The summed E-state index contributed by atoms with van der Waals surface area (Å²) in [6.45, 7) is 1.97. The second-order valence-corrected chi connectivity index (χ2v) is 4.54. The lowest BCUT2D eigenvalue weighted by molar-refractivity contribution is 0.0733. The molecule has 0 radical (unpaired) electrons. The fraction of sp³-hybridized carbons (Fsp3) is 0.125. The van der Waals surface area contributed by atoms with Gasteiger partial charge in [-0.25, -0.2) is 4.79 Å². The molecule has 0 amide bonds. The van der Waals surface area contributed by atoms with Crippen LogP contribution in [0.2, 0.25) is 0 Å². The number of pyridine rings is 1. The van der Waals surface area contributed by atoms with Crippen LogP contribution in [0.1, 0.15) is 22.8 Å². The van der Waals surface area contributed by atoms with Crippen LogP contribution in [0.3, 0.4) is 0 Å². The van der Waals surface area contributed by atoms with Gasteiger partial charge in [0.15, 0.2) is 0 Å². The van der Waals surface area contributed by atoms with Crippen molar-refractivity contribution >= 4 is 5.97 Å². The fourth-order valence-corrected chi connectivity index (χ4v) is 2.03. The number of esters is 1. The molecular weight excluding hydrogens is 282 g/mol. The average molecular weight is 295 g/mol. The maximum Gasteiger partial charge on any atom is 0.343 e. The van der Waals surface area contributed by atoms with Crippen LogP contribution in [0.25, 0.3) is 11.5 Å². The van der Waals surface area contributed by atoms with Crippen molar-refractivity contribution in [3.05, 3.63) is 60.2 Å². The van der Waals surface area contributed by atoms with Crippen molar-refractivity contribution in [2.75, 3.05) is 0 Å². The first-order valence-electron chi connectivity index (χ1n) is 6.79. The van der Waals surface area contributed by atoms with Crippen molar-refractivity contribution in [2.24, 2.45) is 0 Å². The molecule has 0 unspecified atom stereocenters. The molecule has 3 rings (SSSR count). The lowest BCUT2D eigenvalue weighted by Gasteiger charge is -2.07. The number of hydrogen-bond donors (Lipinski definition) is 0. The van der Waals surface area contributed by atoms with Crippen LogP contribution in [0.5, 0.6) is 5.75 Å². The Balaban J connectivity index is 1.77. The highest BCUT2D eigenvalue weighted by Gasteiger charge is 2.13. The largest absolute Gasteiger partial charge is 0.423 e. The van der Waals surface area contributed by atoms with Crippen molar-refractivity contribution < 1.29 is 13.9 Å². The minimum atomic E-state index is -0.398. The van der Waals surface area contributed by atoms with E-state index >= 15 is 0 Å². The predicted octanol–water partition coefficient (Wildman–Crippen LogP) is 2.91.